The molecule has 8 heteroatoms. The van der Waals surface area contributed by atoms with Gasteiger partial charge >= 0.3 is 0 Å². The van der Waals surface area contributed by atoms with Crippen LogP contribution in [0.5, 0.6) is 0 Å². The lowest BCUT2D eigenvalue weighted by molar-refractivity contribution is 0.146. The smallest absolute Gasteiger partial charge is 0.280 e. The SMILES string of the molecule is Cc1cc(-c2c(C#N)nc(N)nc2-c2ccc(F)cc2)cc(C(F)F)n1. The summed E-state index contributed by atoms with van der Waals surface area (Å²) in [6.07, 6.45) is -2.77. The fourth-order valence-corrected chi connectivity index (χ4v) is 2.60. The Hall–Kier alpha value is -3.47. The topological polar surface area (TPSA) is 88.5 Å². The number of aromatic nitrogens is 3. The molecule has 0 atom stereocenters. The molecule has 0 aliphatic carbocycles. The molecule has 0 spiro atoms. The minimum atomic E-state index is -2.77. The van der Waals surface area contributed by atoms with Gasteiger partial charge in [-0.05, 0) is 48.9 Å². The van der Waals surface area contributed by atoms with E-state index in [1.807, 2.05) is 6.07 Å². The number of benzene rings is 1. The fourth-order valence-electron chi connectivity index (χ4n) is 2.60. The van der Waals surface area contributed by atoms with Crippen molar-refractivity contribution in [3.05, 3.63) is 59.3 Å². The number of nitrogen functional groups attached to an aromatic ring is 1. The van der Waals surface area contributed by atoms with Crippen LogP contribution in [0, 0.1) is 24.1 Å². The predicted octanol–water partition coefficient (Wildman–Crippen LogP) is 4.04. The molecule has 0 bridgehead atoms. The summed E-state index contributed by atoms with van der Waals surface area (Å²) in [7, 11) is 0. The first kappa shape index (κ1) is 17.4. The number of nitrogens with two attached hydrogens (primary N) is 1. The van der Waals surface area contributed by atoms with Gasteiger partial charge < -0.3 is 5.73 Å². The van der Waals surface area contributed by atoms with Crippen LogP contribution in [-0.4, -0.2) is 15.0 Å². The molecule has 0 aliphatic rings. The first-order valence-electron chi connectivity index (χ1n) is 7.49. The van der Waals surface area contributed by atoms with Crippen molar-refractivity contribution >= 4 is 5.95 Å². The van der Waals surface area contributed by atoms with Crippen molar-refractivity contribution in [2.75, 3.05) is 5.73 Å². The van der Waals surface area contributed by atoms with Crippen molar-refractivity contribution in [2.24, 2.45) is 0 Å². The van der Waals surface area contributed by atoms with E-state index >= 15 is 0 Å². The molecular weight excluding hydrogens is 343 g/mol. The number of nitrogens with zero attached hydrogens (tertiary/aromatic N) is 4. The Morgan fingerprint density at radius 1 is 1.04 bits per heavy atom. The van der Waals surface area contributed by atoms with E-state index in [0.717, 1.165) is 0 Å². The summed E-state index contributed by atoms with van der Waals surface area (Å²) in [6, 6.07) is 10.0. The van der Waals surface area contributed by atoms with Gasteiger partial charge in [-0.2, -0.15) is 5.26 Å². The molecule has 0 saturated carbocycles. The van der Waals surface area contributed by atoms with Gasteiger partial charge in [0.2, 0.25) is 5.95 Å². The number of halogens is 3. The third kappa shape index (κ3) is 3.32. The third-order valence-electron chi connectivity index (χ3n) is 3.64. The standard InChI is InChI=1S/C18H12F3N5/c1-9-6-11(7-13(24-9)17(20)21)15-14(8-22)25-18(23)26-16(15)10-2-4-12(19)5-3-10/h2-7,17H,1H3,(H2,23,25,26). The maximum absolute atomic E-state index is 13.2. The zero-order valence-electron chi connectivity index (χ0n) is 13.5. The Morgan fingerprint density at radius 2 is 1.73 bits per heavy atom. The van der Waals surface area contributed by atoms with Gasteiger partial charge in [0.25, 0.3) is 6.43 Å². The Labute approximate surface area is 147 Å². The molecule has 0 radical (unpaired) electrons. The van der Waals surface area contributed by atoms with Gasteiger partial charge in [-0.15, -0.1) is 0 Å². The number of aryl methyl sites for hydroxylation is 1. The molecule has 0 aliphatic heterocycles. The Morgan fingerprint density at radius 3 is 2.35 bits per heavy atom. The zero-order chi connectivity index (χ0) is 18.8. The molecule has 3 rings (SSSR count). The monoisotopic (exact) mass is 355 g/mol. The van der Waals surface area contributed by atoms with E-state index in [0.29, 0.717) is 16.8 Å². The van der Waals surface area contributed by atoms with E-state index in [-0.39, 0.29) is 22.9 Å². The summed E-state index contributed by atoms with van der Waals surface area (Å²) >= 11 is 0. The van der Waals surface area contributed by atoms with E-state index in [2.05, 4.69) is 15.0 Å². The molecule has 0 saturated heterocycles. The van der Waals surface area contributed by atoms with Crippen molar-refractivity contribution in [3.8, 4) is 28.5 Å². The van der Waals surface area contributed by atoms with Crippen molar-refractivity contribution in [3.63, 3.8) is 0 Å². The largest absolute Gasteiger partial charge is 0.368 e. The number of anilines is 1. The van der Waals surface area contributed by atoms with Gasteiger partial charge in [-0.3, -0.25) is 4.98 Å². The van der Waals surface area contributed by atoms with Crippen LogP contribution in [0.15, 0.2) is 36.4 Å². The second-order valence-corrected chi connectivity index (χ2v) is 5.50. The number of alkyl halides is 2. The summed E-state index contributed by atoms with van der Waals surface area (Å²) < 4.78 is 39.5. The second-order valence-electron chi connectivity index (χ2n) is 5.50. The Bertz CT molecular complexity index is 1010. The molecule has 2 aromatic heterocycles. The lowest BCUT2D eigenvalue weighted by Crippen LogP contribution is -2.04. The number of hydrogen-bond acceptors (Lipinski definition) is 5. The van der Waals surface area contributed by atoms with Crippen LogP contribution < -0.4 is 5.73 Å². The van der Waals surface area contributed by atoms with Crippen molar-refractivity contribution in [2.45, 2.75) is 13.3 Å². The molecular formula is C18H12F3N5. The molecule has 26 heavy (non-hydrogen) atoms. The van der Waals surface area contributed by atoms with Gasteiger partial charge in [-0.25, -0.2) is 23.1 Å². The quantitative estimate of drug-likeness (QED) is 0.766. The highest BCUT2D eigenvalue weighted by Gasteiger charge is 2.20. The highest BCUT2D eigenvalue weighted by molar-refractivity contribution is 5.84. The third-order valence-corrected chi connectivity index (χ3v) is 3.64. The van der Waals surface area contributed by atoms with Gasteiger partial charge in [0.05, 0.1) is 5.69 Å². The average Bonchev–Trinajstić information content (AvgIpc) is 2.60. The molecule has 0 unspecified atom stereocenters. The van der Waals surface area contributed by atoms with E-state index < -0.39 is 17.9 Å². The molecule has 130 valence electrons. The first-order chi connectivity index (χ1) is 12.4. The van der Waals surface area contributed by atoms with Crippen LogP contribution in [0.2, 0.25) is 0 Å². The molecule has 2 N–H and O–H groups in total. The van der Waals surface area contributed by atoms with Crippen LogP contribution in [0.1, 0.15) is 23.5 Å². The maximum Gasteiger partial charge on any atom is 0.280 e. The van der Waals surface area contributed by atoms with Gasteiger partial charge in [-0.1, -0.05) is 0 Å². The normalized spacial score (nSPS) is 10.8. The average molecular weight is 355 g/mol. The lowest BCUT2D eigenvalue weighted by atomic mass is 9.97. The predicted molar refractivity (Wildman–Crippen MR) is 89.5 cm³/mol. The van der Waals surface area contributed by atoms with E-state index in [9.17, 15) is 18.4 Å². The molecule has 1 aromatic carbocycles. The van der Waals surface area contributed by atoms with E-state index in [1.165, 1.54) is 30.3 Å². The van der Waals surface area contributed by atoms with Crippen molar-refractivity contribution in [1.29, 1.82) is 5.26 Å². The molecule has 0 amide bonds. The van der Waals surface area contributed by atoms with Crippen molar-refractivity contribution < 1.29 is 13.2 Å². The highest BCUT2D eigenvalue weighted by Crippen LogP contribution is 2.35. The summed E-state index contributed by atoms with van der Waals surface area (Å²) in [5, 5.41) is 9.45. The first-order valence-corrected chi connectivity index (χ1v) is 7.49. The van der Waals surface area contributed by atoms with Gasteiger partial charge in [0.15, 0.2) is 5.69 Å². The lowest BCUT2D eigenvalue weighted by Gasteiger charge is -2.13. The van der Waals surface area contributed by atoms with Crippen LogP contribution in [-0.2, 0) is 0 Å². The Kier molecular flexibility index (Phi) is 4.54. The summed E-state index contributed by atoms with van der Waals surface area (Å²) in [4.78, 5) is 11.8. The summed E-state index contributed by atoms with van der Waals surface area (Å²) in [6.45, 7) is 1.57. The maximum atomic E-state index is 13.2. The summed E-state index contributed by atoms with van der Waals surface area (Å²) in [5.74, 6) is -0.595. The zero-order valence-corrected chi connectivity index (χ0v) is 13.5. The second kappa shape index (κ2) is 6.80. The van der Waals surface area contributed by atoms with Gasteiger partial charge in [0.1, 0.15) is 17.6 Å². The van der Waals surface area contributed by atoms with Crippen molar-refractivity contribution in [1.82, 2.24) is 15.0 Å². The molecule has 0 fully saturated rings. The number of nitriles is 1. The molecule has 3 aromatic rings. The minimum Gasteiger partial charge on any atom is -0.368 e. The number of rotatable bonds is 3. The minimum absolute atomic E-state index is 0.0670. The molecule has 2 heterocycles. The van der Waals surface area contributed by atoms with E-state index in [1.54, 1.807) is 13.0 Å². The van der Waals surface area contributed by atoms with Crippen LogP contribution >= 0.6 is 0 Å². The van der Waals surface area contributed by atoms with Crippen LogP contribution in [0.25, 0.3) is 22.4 Å². The summed E-state index contributed by atoms with van der Waals surface area (Å²) in [5.41, 5.74) is 6.80. The highest BCUT2D eigenvalue weighted by atomic mass is 19.3. The van der Waals surface area contributed by atoms with Crippen LogP contribution in [0.4, 0.5) is 19.1 Å². The number of pyridine rings is 1. The van der Waals surface area contributed by atoms with E-state index in [4.69, 9.17) is 5.73 Å². The fraction of sp³-hybridized carbons (Fsp3) is 0.111. The number of hydrogen-bond donors (Lipinski definition) is 1. The van der Waals surface area contributed by atoms with Crippen LogP contribution in [0.3, 0.4) is 0 Å². The molecule has 5 nitrogen and oxygen atoms in total. The van der Waals surface area contributed by atoms with Gasteiger partial charge in [0, 0.05) is 16.8 Å². The Balaban J connectivity index is 2.33.